The second kappa shape index (κ2) is 6.14. The minimum Gasteiger partial charge on any atom is -0.336 e. The van der Waals surface area contributed by atoms with Crippen LogP contribution < -0.4 is 5.56 Å². The number of carbonyl (C=O) groups excluding carboxylic acids is 1. The third-order valence-electron chi connectivity index (χ3n) is 5.32. The molecular formula is C20H23N3O2. The lowest BCUT2D eigenvalue weighted by molar-refractivity contribution is -0.133. The highest BCUT2D eigenvalue weighted by atomic mass is 16.2. The molecular weight excluding hydrogens is 314 g/mol. The first kappa shape index (κ1) is 16.1. The normalized spacial score (nSPS) is 16.7. The number of hydrogen-bond acceptors (Lipinski definition) is 3. The average molecular weight is 337 g/mol. The number of carbonyl (C=O) groups is 1. The number of benzene rings is 1. The standard InChI is InChI=1S/C20H23N3O2/c1-12-18(20(25)22-13(2)21-12)11-19(24)23(16-7-8-16)17-9-14-5-3-4-6-15(14)10-17/h3-6,16-17H,7-11H2,1-2H3,(H,21,22,25). The van der Waals surface area contributed by atoms with Crippen LogP contribution in [0, 0.1) is 13.8 Å². The molecule has 1 aromatic heterocycles. The third kappa shape index (κ3) is 3.11. The Morgan fingerprint density at radius 1 is 1.16 bits per heavy atom. The first-order chi connectivity index (χ1) is 12.0. The smallest absolute Gasteiger partial charge is 0.254 e. The highest BCUT2D eigenvalue weighted by Gasteiger charge is 2.39. The predicted octanol–water partition coefficient (Wildman–Crippen LogP) is 2.09. The van der Waals surface area contributed by atoms with Crippen molar-refractivity contribution in [2.45, 2.75) is 58.0 Å². The molecule has 1 heterocycles. The predicted molar refractivity (Wildman–Crippen MR) is 95.5 cm³/mol. The lowest BCUT2D eigenvalue weighted by Crippen LogP contribution is -2.44. The molecule has 0 spiro atoms. The number of rotatable bonds is 4. The number of nitrogens with zero attached hydrogens (tertiary/aromatic N) is 2. The Bertz CT molecular complexity index is 858. The molecule has 2 aromatic rings. The molecule has 1 saturated carbocycles. The van der Waals surface area contributed by atoms with E-state index in [0.29, 0.717) is 23.1 Å². The van der Waals surface area contributed by atoms with Crippen LogP contribution >= 0.6 is 0 Å². The van der Waals surface area contributed by atoms with Crippen molar-refractivity contribution in [1.29, 1.82) is 0 Å². The number of nitrogens with one attached hydrogen (secondary N) is 1. The molecule has 25 heavy (non-hydrogen) atoms. The van der Waals surface area contributed by atoms with Gasteiger partial charge in [-0.05, 0) is 50.7 Å². The number of aryl methyl sites for hydroxylation is 2. The fraction of sp³-hybridized carbons (Fsp3) is 0.450. The molecule has 1 amide bonds. The maximum absolute atomic E-state index is 13.1. The quantitative estimate of drug-likeness (QED) is 0.929. The summed E-state index contributed by atoms with van der Waals surface area (Å²) >= 11 is 0. The van der Waals surface area contributed by atoms with E-state index in [-0.39, 0.29) is 23.9 Å². The van der Waals surface area contributed by atoms with Gasteiger partial charge < -0.3 is 9.88 Å². The Balaban J connectivity index is 1.57. The summed E-state index contributed by atoms with van der Waals surface area (Å²) < 4.78 is 0. The minimum atomic E-state index is -0.191. The number of amides is 1. The van der Waals surface area contributed by atoms with Crippen molar-refractivity contribution >= 4 is 5.91 Å². The zero-order valence-electron chi connectivity index (χ0n) is 14.7. The fourth-order valence-electron chi connectivity index (χ4n) is 3.99. The van der Waals surface area contributed by atoms with Crippen molar-refractivity contribution in [3.8, 4) is 0 Å². The van der Waals surface area contributed by atoms with Gasteiger partial charge in [-0.25, -0.2) is 4.98 Å². The topological polar surface area (TPSA) is 66.1 Å². The molecule has 0 atom stereocenters. The summed E-state index contributed by atoms with van der Waals surface area (Å²) in [6.45, 7) is 3.56. The van der Waals surface area contributed by atoms with Gasteiger partial charge in [0.05, 0.1) is 6.42 Å². The third-order valence-corrected chi connectivity index (χ3v) is 5.32. The van der Waals surface area contributed by atoms with E-state index in [2.05, 4.69) is 39.1 Å². The molecule has 130 valence electrons. The van der Waals surface area contributed by atoms with E-state index < -0.39 is 0 Å². The van der Waals surface area contributed by atoms with E-state index in [1.54, 1.807) is 13.8 Å². The zero-order chi connectivity index (χ0) is 17.6. The van der Waals surface area contributed by atoms with Crippen molar-refractivity contribution in [3.05, 3.63) is 62.8 Å². The summed E-state index contributed by atoms with van der Waals surface area (Å²) in [7, 11) is 0. The van der Waals surface area contributed by atoms with Crippen LogP contribution in [0.1, 0.15) is 41.1 Å². The molecule has 1 aromatic carbocycles. The SMILES string of the molecule is Cc1nc(C)c(CC(=O)N(C2CC2)C2Cc3ccccc3C2)c(=O)[nH]1. The maximum Gasteiger partial charge on any atom is 0.254 e. The van der Waals surface area contributed by atoms with Gasteiger partial charge >= 0.3 is 0 Å². The molecule has 0 unspecified atom stereocenters. The Morgan fingerprint density at radius 3 is 2.36 bits per heavy atom. The molecule has 0 radical (unpaired) electrons. The summed E-state index contributed by atoms with van der Waals surface area (Å²) in [5.41, 5.74) is 3.65. The zero-order valence-corrected chi connectivity index (χ0v) is 14.7. The van der Waals surface area contributed by atoms with E-state index in [0.717, 1.165) is 25.7 Å². The minimum absolute atomic E-state index is 0.0551. The van der Waals surface area contributed by atoms with E-state index in [1.807, 2.05) is 0 Å². The number of hydrogen-bond donors (Lipinski definition) is 1. The van der Waals surface area contributed by atoms with E-state index >= 15 is 0 Å². The van der Waals surface area contributed by atoms with Gasteiger partial charge in [-0.2, -0.15) is 0 Å². The van der Waals surface area contributed by atoms with Gasteiger partial charge in [-0.15, -0.1) is 0 Å². The van der Waals surface area contributed by atoms with Gasteiger partial charge in [0, 0.05) is 23.3 Å². The maximum atomic E-state index is 13.1. The Labute approximate surface area is 147 Å². The molecule has 5 nitrogen and oxygen atoms in total. The first-order valence-corrected chi connectivity index (χ1v) is 8.97. The van der Waals surface area contributed by atoms with Gasteiger partial charge in [0.2, 0.25) is 5.91 Å². The number of fused-ring (bicyclic) bond motifs is 1. The summed E-state index contributed by atoms with van der Waals surface area (Å²) in [6, 6.07) is 8.99. The molecule has 4 rings (SSSR count). The fourth-order valence-corrected chi connectivity index (χ4v) is 3.99. The van der Waals surface area contributed by atoms with E-state index in [9.17, 15) is 9.59 Å². The molecule has 0 bridgehead atoms. The van der Waals surface area contributed by atoms with Crippen LogP contribution in [0.4, 0.5) is 0 Å². The second-order valence-corrected chi connectivity index (χ2v) is 7.26. The molecule has 5 heteroatoms. The monoisotopic (exact) mass is 337 g/mol. The average Bonchev–Trinajstić information content (AvgIpc) is 3.28. The van der Waals surface area contributed by atoms with Gasteiger partial charge in [0.25, 0.3) is 5.56 Å². The summed E-state index contributed by atoms with van der Waals surface area (Å²) in [5.74, 6) is 0.642. The molecule has 1 fully saturated rings. The van der Waals surface area contributed by atoms with E-state index in [4.69, 9.17) is 0 Å². The Kier molecular flexibility index (Phi) is 3.94. The lowest BCUT2D eigenvalue weighted by Gasteiger charge is -2.29. The van der Waals surface area contributed by atoms with Gasteiger partial charge in [0.1, 0.15) is 5.82 Å². The summed E-state index contributed by atoms with van der Waals surface area (Å²) in [6.07, 6.45) is 4.11. The van der Waals surface area contributed by atoms with Crippen molar-refractivity contribution in [2.24, 2.45) is 0 Å². The Hall–Kier alpha value is -2.43. The summed E-state index contributed by atoms with van der Waals surface area (Å²) in [4.78, 5) is 34.4. The first-order valence-electron chi connectivity index (χ1n) is 8.97. The molecule has 0 aliphatic heterocycles. The van der Waals surface area contributed by atoms with Crippen molar-refractivity contribution in [1.82, 2.24) is 14.9 Å². The number of aromatic amines is 1. The van der Waals surface area contributed by atoms with Crippen molar-refractivity contribution in [2.75, 3.05) is 0 Å². The van der Waals surface area contributed by atoms with Crippen molar-refractivity contribution in [3.63, 3.8) is 0 Å². The molecule has 0 saturated heterocycles. The number of H-pyrrole nitrogens is 1. The molecule has 1 N–H and O–H groups in total. The molecule has 2 aliphatic carbocycles. The number of aromatic nitrogens is 2. The van der Waals surface area contributed by atoms with Crippen LogP contribution in [0.5, 0.6) is 0 Å². The highest BCUT2D eigenvalue weighted by molar-refractivity contribution is 5.80. The van der Waals surface area contributed by atoms with Crippen LogP contribution in [-0.4, -0.2) is 32.9 Å². The van der Waals surface area contributed by atoms with Crippen LogP contribution in [0.2, 0.25) is 0 Å². The van der Waals surface area contributed by atoms with Gasteiger partial charge in [-0.3, -0.25) is 9.59 Å². The van der Waals surface area contributed by atoms with Gasteiger partial charge in [0.15, 0.2) is 0 Å². The van der Waals surface area contributed by atoms with Crippen LogP contribution in [0.15, 0.2) is 29.1 Å². The second-order valence-electron chi connectivity index (χ2n) is 7.26. The van der Waals surface area contributed by atoms with Crippen molar-refractivity contribution < 1.29 is 4.79 Å². The molecule has 2 aliphatic rings. The lowest BCUT2D eigenvalue weighted by atomic mass is 10.1. The van der Waals surface area contributed by atoms with E-state index in [1.165, 1.54) is 11.1 Å². The highest BCUT2D eigenvalue weighted by Crippen LogP contribution is 2.34. The van der Waals surface area contributed by atoms with Crippen LogP contribution in [0.3, 0.4) is 0 Å². The Morgan fingerprint density at radius 2 is 1.80 bits per heavy atom. The summed E-state index contributed by atoms with van der Waals surface area (Å²) in [5, 5.41) is 0. The van der Waals surface area contributed by atoms with Gasteiger partial charge in [-0.1, -0.05) is 24.3 Å². The largest absolute Gasteiger partial charge is 0.336 e. The van der Waals surface area contributed by atoms with Crippen LogP contribution in [-0.2, 0) is 24.1 Å². The van der Waals surface area contributed by atoms with Crippen LogP contribution in [0.25, 0.3) is 0 Å².